The fraction of sp³-hybridized carbons (Fsp3) is 0.333. The van der Waals surface area contributed by atoms with Gasteiger partial charge in [0, 0.05) is 81.0 Å². The molecule has 4 aliphatic rings. The number of nitrogens with one attached hydrogen (secondary N) is 2. The number of ether oxygens (including phenoxy) is 4. The molecule has 1 aliphatic heterocycles. The molecule has 0 unspecified atom stereocenters. The van der Waals surface area contributed by atoms with Crippen molar-refractivity contribution in [3.05, 3.63) is 214 Å². The zero-order valence-corrected chi connectivity index (χ0v) is 53.8. The molecule has 21 heteroatoms. The fourth-order valence-electron chi connectivity index (χ4n) is 13.5. The fourth-order valence-corrected chi connectivity index (χ4v) is 13.5. The summed E-state index contributed by atoms with van der Waals surface area (Å²) in [6, 6.07) is 49.5. The number of carbonyl (C=O) groups is 5. The number of aliphatic hydroxyl groups excluding tert-OH is 2. The summed E-state index contributed by atoms with van der Waals surface area (Å²) in [6.07, 6.45) is 2.84. The number of esters is 1. The van der Waals surface area contributed by atoms with E-state index in [1.165, 1.54) is 19.2 Å². The van der Waals surface area contributed by atoms with Crippen molar-refractivity contribution in [3.8, 4) is 17.2 Å². The Hall–Kier alpha value is -9.93. The first kappa shape index (κ1) is 67.5. The minimum absolute atomic E-state index is 0.0855. The molecule has 0 bridgehead atoms. The molecule has 3 aliphatic carbocycles. The van der Waals surface area contributed by atoms with Crippen molar-refractivity contribution in [3.63, 3.8) is 0 Å². The molecule has 4 heterocycles. The molecular formula is C75H77FN6O14. The molecule has 6 aromatic carbocycles. The first-order valence-corrected chi connectivity index (χ1v) is 32.0. The maximum Gasteiger partial charge on any atom is 0.313 e. The minimum Gasteiger partial charge on any atom is -0.489 e. The Morgan fingerprint density at radius 1 is 0.594 bits per heavy atom. The summed E-state index contributed by atoms with van der Waals surface area (Å²) in [5.41, 5.74) is 11.9. The number of aryl methyl sites for hydroxylation is 3. The highest BCUT2D eigenvalue weighted by atomic mass is 19.1. The molecular weight excluding hydrogens is 1230 g/mol. The first-order valence-electron chi connectivity index (χ1n) is 32.0. The molecule has 96 heavy (non-hydrogen) atoms. The van der Waals surface area contributed by atoms with Crippen LogP contribution in [0.3, 0.4) is 0 Å². The van der Waals surface area contributed by atoms with E-state index in [-0.39, 0.29) is 50.2 Å². The van der Waals surface area contributed by atoms with E-state index in [1.807, 2.05) is 160 Å². The number of nitrogens with zero attached hydrogens (tertiary/aromatic N) is 4. The van der Waals surface area contributed by atoms with Gasteiger partial charge in [0.05, 0.1) is 52.4 Å². The largest absolute Gasteiger partial charge is 0.489 e. The summed E-state index contributed by atoms with van der Waals surface area (Å²) < 4.78 is 37.8. The molecule has 7 atom stereocenters. The van der Waals surface area contributed by atoms with Crippen LogP contribution in [0.25, 0.3) is 32.7 Å². The van der Waals surface area contributed by atoms with Crippen molar-refractivity contribution in [2.24, 2.45) is 34.0 Å². The number of likely N-dealkylation sites (tertiary alicyclic amines) is 1. The van der Waals surface area contributed by atoms with Gasteiger partial charge in [-0.25, -0.2) is 15.4 Å². The number of halogens is 1. The van der Waals surface area contributed by atoms with Gasteiger partial charge in [0.1, 0.15) is 31.3 Å². The van der Waals surface area contributed by atoms with Crippen LogP contribution in [-0.4, -0.2) is 108 Å². The number of aliphatic carboxylic acids is 1. The van der Waals surface area contributed by atoms with Gasteiger partial charge in [0.25, 0.3) is 0 Å². The highest BCUT2D eigenvalue weighted by molar-refractivity contribution is 5.96. The minimum atomic E-state index is -1.07. The molecule has 3 aromatic heterocycles. The number of hydrogen-bond acceptors (Lipinski definition) is 16. The van der Waals surface area contributed by atoms with E-state index < -0.39 is 63.8 Å². The summed E-state index contributed by atoms with van der Waals surface area (Å²) in [6.45, 7) is 7.52. The Balaban J connectivity index is 0.000000148. The number of rotatable bonds is 22. The van der Waals surface area contributed by atoms with Crippen LogP contribution in [0.15, 0.2) is 158 Å². The van der Waals surface area contributed by atoms with E-state index in [1.54, 1.807) is 21.9 Å². The molecule has 9 aromatic rings. The Morgan fingerprint density at radius 2 is 1.08 bits per heavy atom. The number of benzene rings is 6. The quantitative estimate of drug-likeness (QED) is 0.0189. The number of hydrogen-bond donors (Lipinski definition) is 7. The number of carboxylic acids is 1. The van der Waals surface area contributed by atoms with Gasteiger partial charge in [-0.15, -0.1) is 0 Å². The smallest absolute Gasteiger partial charge is 0.313 e. The molecule has 7 N–H and O–H groups in total. The Kier molecular flexibility index (Phi) is 20.4. The van der Waals surface area contributed by atoms with Gasteiger partial charge < -0.3 is 39.2 Å². The van der Waals surface area contributed by atoms with Crippen LogP contribution in [-0.2, 0) is 74.2 Å². The van der Waals surface area contributed by atoms with Crippen LogP contribution in [0.2, 0.25) is 0 Å². The standard InChI is InChI=1S/C28H30FN3O5.C24H23NO5.C23H24N2O4/c1-2-19-12-18(21-5-3-4-6-24(21)30-19)16-37-25-8-7-17(11-23(25)29)13-28(14-22(28)26(34)31-36)27(35)32-10-9-20(33)15-32;1-15-11-17(19-5-3-4-6-21(19)25-15)14-30-18-9-7-16(8-10-18)12-24(23(28)29-2)13-20(24)22(26)27;1-15-10-17(19-4-2-3-5-21(19)24-15)13-29-18-8-6-16(7-9-18)11-23(14-26)12-20(23)22(27)25-28/h3-8,11-12,20,22,33,36H,2,9-10,13-16H2,1H3,(H,31,34);3-11,20H,12-14H2,1-2H3,(H,26,27);2-10,20,26,28H,11-14H2,1H3,(H,25,27)/t20-,22+,28-;20-,24+;20-,23-/m001/s1. The lowest BCUT2D eigenvalue weighted by atomic mass is 9.91. The van der Waals surface area contributed by atoms with E-state index in [2.05, 4.69) is 15.0 Å². The molecule has 3 saturated carbocycles. The van der Waals surface area contributed by atoms with Gasteiger partial charge in [-0.2, -0.15) is 0 Å². The van der Waals surface area contributed by atoms with Crippen molar-refractivity contribution < 1.29 is 73.0 Å². The van der Waals surface area contributed by atoms with E-state index >= 15 is 4.39 Å². The van der Waals surface area contributed by atoms with Crippen LogP contribution in [0.4, 0.5) is 4.39 Å². The number of aliphatic hydroxyl groups is 2. The van der Waals surface area contributed by atoms with E-state index in [4.69, 9.17) is 29.4 Å². The highest BCUT2D eigenvalue weighted by Crippen LogP contribution is 2.58. The number of aromatic nitrogens is 3. The second-order valence-corrected chi connectivity index (χ2v) is 25.6. The maximum atomic E-state index is 15.1. The number of pyridine rings is 3. The molecule has 498 valence electrons. The van der Waals surface area contributed by atoms with Gasteiger partial charge >= 0.3 is 11.9 Å². The van der Waals surface area contributed by atoms with Crippen LogP contribution in [0.5, 0.6) is 17.2 Å². The number of carbonyl (C=O) groups excluding carboxylic acids is 4. The van der Waals surface area contributed by atoms with Crippen molar-refractivity contribution >= 4 is 62.4 Å². The monoisotopic (exact) mass is 1300 g/mol. The summed E-state index contributed by atoms with van der Waals surface area (Å²) in [5, 5.41) is 49.9. The Labute approximate surface area is 554 Å². The third-order valence-electron chi connectivity index (χ3n) is 19.0. The summed E-state index contributed by atoms with van der Waals surface area (Å²) in [7, 11) is 1.29. The number of hydroxylamine groups is 2. The van der Waals surface area contributed by atoms with Gasteiger partial charge in [0.2, 0.25) is 17.7 Å². The first-order chi connectivity index (χ1) is 46.3. The summed E-state index contributed by atoms with van der Waals surface area (Å²) in [4.78, 5) is 75.9. The average molecular weight is 1310 g/mol. The van der Waals surface area contributed by atoms with Gasteiger partial charge in [-0.1, -0.05) is 91.9 Å². The molecule has 0 radical (unpaired) electrons. The lowest BCUT2D eigenvalue weighted by molar-refractivity contribution is -0.151. The third-order valence-corrected chi connectivity index (χ3v) is 19.0. The molecule has 20 nitrogen and oxygen atoms in total. The van der Waals surface area contributed by atoms with Gasteiger partial charge in [0.15, 0.2) is 11.6 Å². The second-order valence-electron chi connectivity index (χ2n) is 25.6. The molecule has 3 amide bonds. The molecule has 1 saturated heterocycles. The highest BCUT2D eigenvalue weighted by Gasteiger charge is 2.66. The number of fused-ring (bicyclic) bond motifs is 3. The predicted molar refractivity (Wildman–Crippen MR) is 353 cm³/mol. The molecule has 13 rings (SSSR count). The lowest BCUT2D eigenvalue weighted by Crippen LogP contribution is -2.40. The number of methoxy groups -OCH3 is 1. The second kappa shape index (κ2) is 29.0. The van der Waals surface area contributed by atoms with Crippen molar-refractivity contribution in [1.29, 1.82) is 0 Å². The van der Waals surface area contributed by atoms with E-state index in [0.717, 1.165) is 89.8 Å². The summed E-state index contributed by atoms with van der Waals surface area (Å²) >= 11 is 0. The zero-order valence-electron chi connectivity index (χ0n) is 53.8. The SMILES string of the molecule is CCc1cc(COc2ccc(C[C@]3(C(=O)N4CC[C@H](O)C4)C[C@@H]3C(=O)NO)cc2F)c2ccccc2n1.COC(=O)[C@]1(Cc2ccc(OCc3cc(C)nc4ccccc34)cc2)C[C@H]1C(=O)O.Cc1cc(COc2ccc(C[C@]3(CO)C[C@@H]3C(=O)NO)cc2)c2ccccc2n1. The van der Waals surface area contributed by atoms with Crippen LogP contribution in [0, 0.1) is 53.7 Å². The van der Waals surface area contributed by atoms with Gasteiger partial charge in [-0.05, 0) is 155 Å². The zero-order chi connectivity index (χ0) is 67.9. The Bertz CT molecular complexity index is 4370. The summed E-state index contributed by atoms with van der Waals surface area (Å²) in [5.74, 6) is -3.51. The third kappa shape index (κ3) is 14.9. The normalized spacial score (nSPS) is 21.2. The van der Waals surface area contributed by atoms with Crippen LogP contribution in [0.1, 0.15) is 83.1 Å². The topological polar surface area (TPSA) is 289 Å². The van der Waals surface area contributed by atoms with Crippen molar-refractivity contribution in [2.75, 3.05) is 26.8 Å². The van der Waals surface area contributed by atoms with Crippen molar-refractivity contribution in [1.82, 2.24) is 30.8 Å². The number of β-amino-alcohol motifs (C(OH)–C–C–N with tert-alkyl or cyclic N) is 1. The van der Waals surface area contributed by atoms with E-state index in [0.29, 0.717) is 63.2 Å². The van der Waals surface area contributed by atoms with Crippen LogP contribution >= 0.6 is 0 Å². The number of para-hydroxylation sites is 3. The van der Waals surface area contributed by atoms with Crippen LogP contribution < -0.4 is 25.2 Å². The molecule has 0 spiro atoms. The average Bonchev–Trinajstić information content (AvgIpc) is 1.58. The Morgan fingerprint density at radius 3 is 1.57 bits per heavy atom. The molecule has 4 fully saturated rings. The van der Waals surface area contributed by atoms with E-state index in [9.17, 15) is 39.3 Å². The van der Waals surface area contributed by atoms with Gasteiger partial charge in [-0.3, -0.25) is 49.3 Å². The lowest BCUT2D eigenvalue weighted by Gasteiger charge is -2.24. The maximum absolute atomic E-state index is 15.1. The number of carboxylic acid groups (broad SMARTS) is 1. The number of amides is 3. The predicted octanol–water partition coefficient (Wildman–Crippen LogP) is 10.3. The van der Waals surface area contributed by atoms with Crippen molar-refractivity contribution in [2.45, 2.75) is 98.1 Å².